The Balaban J connectivity index is 0.000000241. The van der Waals surface area contributed by atoms with Crippen LogP contribution in [0.5, 0.6) is 0 Å². The lowest BCUT2D eigenvalue weighted by Gasteiger charge is -2.38. The van der Waals surface area contributed by atoms with Gasteiger partial charge in [0, 0.05) is 34.3 Å². The van der Waals surface area contributed by atoms with Gasteiger partial charge in [-0.1, -0.05) is 60.6 Å². The molecule has 64 heavy (non-hydrogen) atoms. The minimum absolute atomic E-state index is 0.0202. The van der Waals surface area contributed by atoms with Gasteiger partial charge in [0.2, 0.25) is 11.8 Å². The number of aliphatic carboxylic acids is 2. The summed E-state index contributed by atoms with van der Waals surface area (Å²) in [7, 11) is 0. The fourth-order valence-corrected chi connectivity index (χ4v) is 10.6. The van der Waals surface area contributed by atoms with Gasteiger partial charge in [-0.05, 0) is 84.9 Å². The summed E-state index contributed by atoms with van der Waals surface area (Å²) in [6.45, 7) is 13.6. The van der Waals surface area contributed by atoms with Gasteiger partial charge in [0.15, 0.2) is 0 Å². The molecule has 2 saturated heterocycles. The van der Waals surface area contributed by atoms with Gasteiger partial charge in [0.05, 0.1) is 29.5 Å². The van der Waals surface area contributed by atoms with Gasteiger partial charge < -0.3 is 31.5 Å². The van der Waals surface area contributed by atoms with Gasteiger partial charge in [0.1, 0.15) is 21.1 Å². The fourth-order valence-electron chi connectivity index (χ4n) is 8.98. The molecule has 2 aliphatic rings. The highest BCUT2D eigenvalue weighted by Gasteiger charge is 2.62. The summed E-state index contributed by atoms with van der Waals surface area (Å²) in [6, 6.07) is 8.89. The van der Waals surface area contributed by atoms with Crippen LogP contribution in [0.25, 0.3) is 0 Å². The summed E-state index contributed by atoms with van der Waals surface area (Å²) in [4.78, 5) is 88.4. The van der Waals surface area contributed by atoms with E-state index in [-0.39, 0.29) is 48.5 Å². The summed E-state index contributed by atoms with van der Waals surface area (Å²) in [5.74, 6) is -7.12. The van der Waals surface area contributed by atoms with Gasteiger partial charge in [-0.15, -0.1) is 22.7 Å². The van der Waals surface area contributed by atoms with Gasteiger partial charge in [-0.3, -0.25) is 19.2 Å². The number of carboxylic acid groups (broad SMARTS) is 2. The van der Waals surface area contributed by atoms with E-state index in [1.165, 1.54) is 22.4 Å². The second kappa shape index (κ2) is 18.8. The van der Waals surface area contributed by atoms with E-state index in [0.29, 0.717) is 15.6 Å². The first-order valence-corrected chi connectivity index (χ1v) is 22.3. The summed E-state index contributed by atoms with van der Waals surface area (Å²) < 4.78 is 38.9. The number of hydrogen-bond donors (Lipinski definition) is 4. The molecule has 2 aromatic heterocycles. The van der Waals surface area contributed by atoms with Gasteiger partial charge >= 0.3 is 18.1 Å². The highest BCUT2D eigenvalue weighted by Crippen LogP contribution is 2.52. The molecular weight excluding hydrogens is 874 g/mol. The standard InChI is InChI=1S/C24H31N3O4S.C21H22F3N3O4S/c1-14(2)12-24(22(30)31)13-17(19(25)28)18(20-26-10-11-32-20)27(24)21(29)15-6-8-16(9-7-15)23(3,4)5;1-11(2)9-20(19(30)31)10-14(16(25)28)15(17-26-7-8-32-17)27(20)18(29)12-3-5-13(6-4-12)21(22,23)24/h6-11,14,17-18H,12-13H2,1-5H3,(H2,25,28)(H,30,31);3-8,11,14-15H,9-10H2,1-2H3,(H2,25,28)(H,30,31). The van der Waals surface area contributed by atoms with Crippen LogP contribution in [-0.2, 0) is 30.8 Å². The first kappa shape index (κ1) is 49.3. The van der Waals surface area contributed by atoms with E-state index in [1.54, 1.807) is 42.9 Å². The van der Waals surface area contributed by atoms with Gasteiger partial charge in [-0.2, -0.15) is 13.2 Å². The smallest absolute Gasteiger partial charge is 0.416 e. The van der Waals surface area contributed by atoms with E-state index in [1.807, 2.05) is 26.0 Å². The molecule has 0 saturated carbocycles. The normalized spacial score (nSPS) is 23.5. The SMILES string of the molecule is CC(C)CC1(C(=O)O)CC(C(N)=O)C(c2nccs2)N1C(=O)c1ccc(C(C)(C)C)cc1.CC(C)CC1(C(=O)O)CC(C(N)=O)C(c2nccs2)N1C(=O)c1ccc(C(F)(F)F)cc1. The lowest BCUT2D eigenvalue weighted by atomic mass is 9.83. The van der Waals surface area contributed by atoms with Crippen molar-refractivity contribution in [1.29, 1.82) is 0 Å². The van der Waals surface area contributed by atoms with Crippen LogP contribution in [-0.4, -0.2) is 76.6 Å². The molecule has 6 unspecified atom stereocenters. The Morgan fingerprint density at radius 1 is 0.672 bits per heavy atom. The molecule has 4 heterocycles. The number of likely N-dealkylation sites (tertiary alicyclic amines) is 2. The van der Waals surface area contributed by atoms with Crippen molar-refractivity contribution in [1.82, 2.24) is 19.8 Å². The van der Waals surface area contributed by atoms with E-state index >= 15 is 0 Å². The van der Waals surface area contributed by atoms with E-state index in [2.05, 4.69) is 30.7 Å². The van der Waals surface area contributed by atoms with Crippen molar-refractivity contribution < 1.29 is 52.2 Å². The number of primary amides is 2. The van der Waals surface area contributed by atoms with Crippen molar-refractivity contribution in [3.05, 3.63) is 104 Å². The van der Waals surface area contributed by atoms with Gasteiger partial charge in [0.25, 0.3) is 11.8 Å². The number of alkyl halides is 3. The van der Waals surface area contributed by atoms with E-state index in [4.69, 9.17) is 11.5 Å². The van der Waals surface area contributed by atoms with Crippen LogP contribution in [0.15, 0.2) is 71.7 Å². The first-order valence-electron chi connectivity index (χ1n) is 20.6. The zero-order chi connectivity index (χ0) is 47.7. The summed E-state index contributed by atoms with van der Waals surface area (Å²) in [5, 5.41) is 24.8. The molecular formula is C45H53F3N6O8S2. The number of nitrogens with zero attached hydrogens (tertiary/aromatic N) is 4. The maximum Gasteiger partial charge on any atom is 0.416 e. The maximum absolute atomic E-state index is 13.9. The van der Waals surface area contributed by atoms with Crippen LogP contribution in [0.4, 0.5) is 13.2 Å². The van der Waals surface area contributed by atoms with E-state index in [0.717, 1.165) is 46.1 Å². The quantitative estimate of drug-likeness (QED) is 0.108. The first-order chi connectivity index (χ1) is 29.8. The third-order valence-electron chi connectivity index (χ3n) is 11.7. The molecule has 0 radical (unpaired) electrons. The molecule has 4 aromatic rings. The molecule has 0 bridgehead atoms. The molecule has 14 nitrogen and oxygen atoms in total. The Morgan fingerprint density at radius 3 is 1.27 bits per heavy atom. The second-order valence-electron chi connectivity index (χ2n) is 18.2. The molecule has 6 rings (SSSR count). The number of hydrogen-bond acceptors (Lipinski definition) is 10. The summed E-state index contributed by atoms with van der Waals surface area (Å²) >= 11 is 2.43. The number of carbonyl (C=O) groups excluding carboxylic acids is 4. The van der Waals surface area contributed by atoms with Gasteiger partial charge in [-0.25, -0.2) is 19.6 Å². The molecule has 19 heteroatoms. The van der Waals surface area contributed by atoms with Crippen LogP contribution in [0, 0.1) is 23.7 Å². The predicted octanol–water partition coefficient (Wildman–Crippen LogP) is 7.72. The van der Waals surface area contributed by atoms with Crippen molar-refractivity contribution in [2.45, 2.75) is 109 Å². The number of halogens is 3. The Labute approximate surface area is 376 Å². The third-order valence-corrected chi connectivity index (χ3v) is 13.4. The second-order valence-corrected chi connectivity index (χ2v) is 20.0. The minimum atomic E-state index is -4.59. The highest BCUT2D eigenvalue weighted by molar-refractivity contribution is 7.09. The zero-order valence-corrected chi connectivity index (χ0v) is 38.1. The number of rotatable bonds is 12. The van der Waals surface area contributed by atoms with E-state index in [9.17, 15) is 52.2 Å². The summed E-state index contributed by atoms with van der Waals surface area (Å²) in [5.41, 5.74) is 8.28. The van der Waals surface area contributed by atoms with Crippen LogP contribution in [0.2, 0.25) is 0 Å². The number of thiazole rings is 2. The Bertz CT molecular complexity index is 2170. The van der Waals surface area contributed by atoms with Crippen LogP contribution < -0.4 is 11.5 Å². The molecule has 0 aliphatic carbocycles. The van der Waals surface area contributed by atoms with Crippen molar-refractivity contribution in [3.63, 3.8) is 0 Å². The average Bonchev–Trinajstić information content (AvgIpc) is 4.03. The highest BCUT2D eigenvalue weighted by atomic mass is 32.1. The monoisotopic (exact) mass is 926 g/mol. The predicted molar refractivity (Wildman–Crippen MR) is 233 cm³/mol. The number of carbonyl (C=O) groups is 6. The van der Waals surface area contributed by atoms with Crippen molar-refractivity contribution in [2.75, 3.05) is 0 Å². The lowest BCUT2D eigenvalue weighted by Crippen LogP contribution is -2.54. The molecule has 0 spiro atoms. The molecule has 6 atom stereocenters. The van der Waals surface area contributed by atoms with Crippen LogP contribution in [0.1, 0.15) is 128 Å². The Hall–Kier alpha value is -5.69. The zero-order valence-electron chi connectivity index (χ0n) is 36.5. The third kappa shape index (κ3) is 9.84. The number of carboxylic acids is 2. The topological polar surface area (TPSA) is 227 Å². The number of amides is 4. The Morgan fingerprint density at radius 2 is 1.02 bits per heavy atom. The lowest BCUT2D eigenvalue weighted by molar-refractivity contribution is -0.150. The van der Waals surface area contributed by atoms with E-state index < -0.39 is 82.3 Å². The van der Waals surface area contributed by atoms with Crippen molar-refractivity contribution in [2.24, 2.45) is 35.1 Å². The number of nitrogens with two attached hydrogens (primary N) is 2. The maximum atomic E-state index is 13.9. The molecule has 344 valence electrons. The molecule has 4 amide bonds. The fraction of sp³-hybridized carbons (Fsp3) is 0.467. The van der Waals surface area contributed by atoms with Crippen LogP contribution in [0.3, 0.4) is 0 Å². The minimum Gasteiger partial charge on any atom is -0.479 e. The Kier molecular flexibility index (Phi) is 14.5. The molecule has 6 N–H and O–H groups in total. The van der Waals surface area contributed by atoms with Crippen molar-refractivity contribution >= 4 is 58.2 Å². The number of aromatic nitrogens is 2. The summed E-state index contributed by atoms with van der Waals surface area (Å²) in [6.07, 6.45) is -1.55. The molecule has 2 aliphatic heterocycles. The average molecular weight is 927 g/mol. The largest absolute Gasteiger partial charge is 0.479 e. The van der Waals surface area contributed by atoms with Crippen LogP contribution >= 0.6 is 22.7 Å². The molecule has 2 fully saturated rings. The number of benzene rings is 2. The van der Waals surface area contributed by atoms with Crippen molar-refractivity contribution in [3.8, 4) is 0 Å². The molecule has 2 aromatic carbocycles.